The van der Waals surface area contributed by atoms with Gasteiger partial charge in [0, 0.05) is 12.2 Å². The summed E-state index contributed by atoms with van der Waals surface area (Å²) in [6.45, 7) is 0.0643. The Labute approximate surface area is 130 Å². The molecule has 110 valence electrons. The van der Waals surface area contributed by atoms with E-state index in [0.29, 0.717) is 15.7 Å². The Morgan fingerprint density at radius 1 is 1.24 bits per heavy atom. The SMILES string of the molecule is O=C(NCC(O)c1ccccc1)Nc1ccc(Br)c(F)c1. The first-order valence-corrected chi connectivity index (χ1v) is 7.08. The fraction of sp³-hybridized carbons (Fsp3) is 0.133. The van der Waals surface area contributed by atoms with E-state index in [2.05, 4.69) is 26.6 Å². The van der Waals surface area contributed by atoms with Gasteiger partial charge in [0.05, 0.1) is 10.6 Å². The van der Waals surface area contributed by atoms with E-state index in [0.717, 1.165) is 0 Å². The first-order chi connectivity index (χ1) is 10.1. The van der Waals surface area contributed by atoms with E-state index in [1.54, 1.807) is 18.2 Å². The second-order valence-corrected chi connectivity index (χ2v) is 5.24. The highest BCUT2D eigenvalue weighted by Crippen LogP contribution is 2.19. The van der Waals surface area contributed by atoms with Crippen LogP contribution in [0.15, 0.2) is 53.0 Å². The molecule has 1 atom stereocenters. The number of benzene rings is 2. The Bertz CT molecular complexity index is 622. The Morgan fingerprint density at radius 3 is 2.62 bits per heavy atom. The molecule has 0 heterocycles. The van der Waals surface area contributed by atoms with E-state index in [-0.39, 0.29) is 6.54 Å². The zero-order chi connectivity index (χ0) is 15.2. The number of carbonyl (C=O) groups excluding carboxylic acids is 1. The minimum Gasteiger partial charge on any atom is -0.387 e. The second kappa shape index (κ2) is 7.19. The van der Waals surface area contributed by atoms with Crippen LogP contribution in [0.3, 0.4) is 0 Å². The van der Waals surface area contributed by atoms with Gasteiger partial charge in [-0.2, -0.15) is 0 Å². The van der Waals surface area contributed by atoms with E-state index < -0.39 is 18.0 Å². The van der Waals surface area contributed by atoms with Crippen molar-refractivity contribution in [2.24, 2.45) is 0 Å². The molecule has 0 fully saturated rings. The summed E-state index contributed by atoms with van der Waals surface area (Å²) in [5.74, 6) is -0.461. The topological polar surface area (TPSA) is 61.4 Å². The van der Waals surface area contributed by atoms with Crippen LogP contribution in [0, 0.1) is 5.82 Å². The third-order valence-electron chi connectivity index (χ3n) is 2.82. The van der Waals surface area contributed by atoms with Crippen LogP contribution in [-0.4, -0.2) is 17.7 Å². The summed E-state index contributed by atoms with van der Waals surface area (Å²) < 4.78 is 13.6. The highest BCUT2D eigenvalue weighted by Gasteiger charge is 2.09. The predicted octanol–water partition coefficient (Wildman–Crippen LogP) is 3.44. The van der Waals surface area contributed by atoms with Crippen molar-refractivity contribution < 1.29 is 14.3 Å². The molecule has 1 unspecified atom stereocenters. The lowest BCUT2D eigenvalue weighted by atomic mass is 10.1. The molecule has 0 aromatic heterocycles. The standard InChI is InChI=1S/C15H14BrFN2O2/c16-12-7-6-11(8-13(12)17)19-15(21)18-9-14(20)10-4-2-1-3-5-10/h1-8,14,20H,9H2,(H2,18,19,21). The molecule has 0 aliphatic rings. The summed E-state index contributed by atoms with van der Waals surface area (Å²) in [5, 5.41) is 14.9. The van der Waals surface area contributed by atoms with Crippen molar-refractivity contribution >= 4 is 27.6 Å². The molecular weight excluding hydrogens is 339 g/mol. The molecule has 0 saturated heterocycles. The molecule has 0 saturated carbocycles. The fourth-order valence-corrected chi connectivity index (χ4v) is 1.98. The molecule has 2 amide bonds. The van der Waals surface area contributed by atoms with Crippen LogP contribution in [0.5, 0.6) is 0 Å². The summed E-state index contributed by atoms with van der Waals surface area (Å²) in [6.07, 6.45) is -0.793. The van der Waals surface area contributed by atoms with Crippen molar-refractivity contribution in [3.05, 3.63) is 64.4 Å². The maximum Gasteiger partial charge on any atom is 0.319 e. The molecule has 3 N–H and O–H groups in total. The van der Waals surface area contributed by atoms with Gasteiger partial charge in [-0.05, 0) is 39.7 Å². The average Bonchev–Trinajstić information content (AvgIpc) is 2.49. The molecule has 21 heavy (non-hydrogen) atoms. The van der Waals surface area contributed by atoms with Gasteiger partial charge in [-0.15, -0.1) is 0 Å². The Hall–Kier alpha value is -1.92. The third kappa shape index (κ3) is 4.54. The highest BCUT2D eigenvalue weighted by molar-refractivity contribution is 9.10. The number of hydrogen-bond donors (Lipinski definition) is 3. The van der Waals surface area contributed by atoms with Crippen molar-refractivity contribution in [2.45, 2.75) is 6.10 Å². The lowest BCUT2D eigenvalue weighted by molar-refractivity contribution is 0.175. The predicted molar refractivity (Wildman–Crippen MR) is 82.5 cm³/mol. The molecule has 2 aromatic rings. The number of urea groups is 1. The number of halogens is 2. The van der Waals surface area contributed by atoms with E-state index in [1.807, 2.05) is 18.2 Å². The van der Waals surface area contributed by atoms with Crippen LogP contribution in [0.2, 0.25) is 0 Å². The number of rotatable bonds is 4. The van der Waals surface area contributed by atoms with Gasteiger partial charge in [-0.1, -0.05) is 30.3 Å². The van der Waals surface area contributed by atoms with Crippen LogP contribution in [0.25, 0.3) is 0 Å². The third-order valence-corrected chi connectivity index (χ3v) is 3.46. The molecular formula is C15H14BrFN2O2. The fourth-order valence-electron chi connectivity index (χ4n) is 1.73. The molecule has 2 rings (SSSR count). The molecule has 4 nitrogen and oxygen atoms in total. The van der Waals surface area contributed by atoms with Crippen molar-refractivity contribution in [1.82, 2.24) is 5.32 Å². The Morgan fingerprint density at radius 2 is 1.95 bits per heavy atom. The normalized spacial score (nSPS) is 11.8. The van der Waals surface area contributed by atoms with Crippen molar-refractivity contribution in [3.63, 3.8) is 0 Å². The Balaban J connectivity index is 1.86. The number of aliphatic hydroxyl groups excluding tert-OH is 1. The monoisotopic (exact) mass is 352 g/mol. The minimum absolute atomic E-state index is 0.0643. The van der Waals surface area contributed by atoms with Crippen molar-refractivity contribution in [2.75, 3.05) is 11.9 Å². The second-order valence-electron chi connectivity index (χ2n) is 4.39. The van der Waals surface area contributed by atoms with Crippen LogP contribution in [0.4, 0.5) is 14.9 Å². The smallest absolute Gasteiger partial charge is 0.319 e. The van der Waals surface area contributed by atoms with Gasteiger partial charge >= 0.3 is 6.03 Å². The number of anilines is 1. The number of hydrogen-bond acceptors (Lipinski definition) is 2. The largest absolute Gasteiger partial charge is 0.387 e. The molecule has 0 aliphatic heterocycles. The molecule has 0 radical (unpaired) electrons. The van der Waals surface area contributed by atoms with E-state index in [4.69, 9.17) is 0 Å². The average molecular weight is 353 g/mol. The van der Waals surface area contributed by atoms with Crippen molar-refractivity contribution in [1.29, 1.82) is 0 Å². The van der Waals surface area contributed by atoms with E-state index in [9.17, 15) is 14.3 Å². The summed E-state index contributed by atoms with van der Waals surface area (Å²) in [6, 6.07) is 12.8. The van der Waals surface area contributed by atoms with E-state index in [1.165, 1.54) is 12.1 Å². The number of nitrogens with one attached hydrogen (secondary N) is 2. The van der Waals surface area contributed by atoms with Crippen LogP contribution in [0.1, 0.15) is 11.7 Å². The van der Waals surface area contributed by atoms with Gasteiger partial charge in [0.2, 0.25) is 0 Å². The molecule has 0 spiro atoms. The van der Waals surface area contributed by atoms with Gasteiger partial charge in [0.15, 0.2) is 0 Å². The van der Waals surface area contributed by atoms with Crippen LogP contribution >= 0.6 is 15.9 Å². The zero-order valence-corrected chi connectivity index (χ0v) is 12.6. The van der Waals surface area contributed by atoms with Crippen molar-refractivity contribution in [3.8, 4) is 0 Å². The molecule has 0 aliphatic carbocycles. The van der Waals surface area contributed by atoms with Crippen LogP contribution in [-0.2, 0) is 0 Å². The highest BCUT2D eigenvalue weighted by atomic mass is 79.9. The number of aliphatic hydroxyl groups is 1. The molecule has 2 aromatic carbocycles. The summed E-state index contributed by atoms with van der Waals surface area (Å²) in [7, 11) is 0. The van der Waals surface area contributed by atoms with Crippen LogP contribution < -0.4 is 10.6 Å². The lowest BCUT2D eigenvalue weighted by Crippen LogP contribution is -2.32. The number of carbonyl (C=O) groups is 1. The quantitative estimate of drug-likeness (QED) is 0.789. The molecule has 0 bridgehead atoms. The minimum atomic E-state index is -0.793. The molecule has 6 heteroatoms. The lowest BCUT2D eigenvalue weighted by Gasteiger charge is -2.13. The van der Waals surface area contributed by atoms with Gasteiger partial charge in [0.1, 0.15) is 5.82 Å². The maximum absolute atomic E-state index is 13.3. The summed E-state index contributed by atoms with van der Waals surface area (Å²) in [5.41, 5.74) is 1.05. The van der Waals surface area contributed by atoms with Gasteiger partial charge < -0.3 is 15.7 Å². The summed E-state index contributed by atoms with van der Waals surface area (Å²) in [4.78, 5) is 11.7. The maximum atomic E-state index is 13.3. The zero-order valence-electron chi connectivity index (χ0n) is 11.0. The first kappa shape index (κ1) is 15.5. The first-order valence-electron chi connectivity index (χ1n) is 6.29. The Kier molecular flexibility index (Phi) is 5.30. The number of amides is 2. The van der Waals surface area contributed by atoms with Gasteiger partial charge in [-0.3, -0.25) is 0 Å². The van der Waals surface area contributed by atoms with E-state index >= 15 is 0 Å². The van der Waals surface area contributed by atoms with Gasteiger partial charge in [0.25, 0.3) is 0 Å². The summed E-state index contributed by atoms with van der Waals surface area (Å²) >= 11 is 3.03. The van der Waals surface area contributed by atoms with Gasteiger partial charge in [-0.25, -0.2) is 9.18 Å².